The number of carboxylic acid groups (broad SMARTS) is 1. The molecule has 0 aliphatic carbocycles. The van der Waals surface area contributed by atoms with Crippen LogP contribution in [0.25, 0.3) is 0 Å². The number of aromatic nitrogens is 3. The molecule has 0 aliphatic heterocycles. The smallest absolute Gasteiger partial charge is 0.335 e. The van der Waals surface area contributed by atoms with E-state index in [2.05, 4.69) is 20.5 Å². The highest BCUT2D eigenvalue weighted by molar-refractivity contribution is 14.1. The minimum atomic E-state index is -1.05. The van der Waals surface area contributed by atoms with Crippen LogP contribution in [-0.4, -0.2) is 32.2 Å². The molecule has 0 spiro atoms. The van der Waals surface area contributed by atoms with Gasteiger partial charge >= 0.3 is 5.97 Å². The summed E-state index contributed by atoms with van der Waals surface area (Å²) in [6.07, 6.45) is 1.22. The van der Waals surface area contributed by atoms with E-state index in [1.165, 1.54) is 18.5 Å². The number of nitrogens with one attached hydrogen (secondary N) is 2. The van der Waals surface area contributed by atoms with Crippen molar-refractivity contribution < 1.29 is 14.7 Å². The number of aromatic carboxylic acids is 1. The third-order valence-electron chi connectivity index (χ3n) is 2.09. The monoisotopic (exact) mass is 358 g/mol. The predicted octanol–water partition coefficient (Wildman–Crippen LogP) is 1.36. The fourth-order valence-corrected chi connectivity index (χ4v) is 1.72. The molecular weight excluding hydrogens is 351 g/mol. The lowest BCUT2D eigenvalue weighted by Gasteiger charge is -2.06. The largest absolute Gasteiger partial charge is 0.478 e. The minimum absolute atomic E-state index is 0.0616. The summed E-state index contributed by atoms with van der Waals surface area (Å²) in [5.41, 5.74) is 0.514. The molecule has 8 heteroatoms. The van der Waals surface area contributed by atoms with Crippen LogP contribution in [0.4, 0.5) is 5.69 Å². The third-order valence-corrected chi connectivity index (χ3v) is 3.03. The van der Waals surface area contributed by atoms with Crippen LogP contribution < -0.4 is 5.32 Å². The third kappa shape index (κ3) is 2.64. The minimum Gasteiger partial charge on any atom is -0.478 e. The number of hydrogen-bond acceptors (Lipinski definition) is 4. The highest BCUT2D eigenvalue weighted by atomic mass is 127. The second-order valence-corrected chi connectivity index (χ2v) is 4.45. The number of carbonyl (C=O) groups excluding carboxylic acids is 1. The fourth-order valence-electron chi connectivity index (χ4n) is 1.25. The van der Waals surface area contributed by atoms with Crippen molar-refractivity contribution >= 4 is 40.2 Å². The molecule has 18 heavy (non-hydrogen) atoms. The molecule has 0 aliphatic rings. The Morgan fingerprint density at radius 1 is 1.39 bits per heavy atom. The first-order chi connectivity index (χ1) is 8.58. The van der Waals surface area contributed by atoms with E-state index in [0.717, 1.165) is 3.57 Å². The molecule has 0 saturated carbocycles. The molecule has 0 atom stereocenters. The molecule has 2 rings (SSSR count). The maximum Gasteiger partial charge on any atom is 0.335 e. The van der Waals surface area contributed by atoms with Crippen molar-refractivity contribution in [2.45, 2.75) is 0 Å². The predicted molar refractivity (Wildman–Crippen MR) is 70.5 cm³/mol. The van der Waals surface area contributed by atoms with Crippen LogP contribution in [0.5, 0.6) is 0 Å². The Labute approximate surface area is 115 Å². The van der Waals surface area contributed by atoms with Crippen molar-refractivity contribution in [1.29, 1.82) is 0 Å². The molecule has 92 valence electrons. The van der Waals surface area contributed by atoms with Gasteiger partial charge in [0.05, 0.1) is 11.3 Å². The molecule has 0 unspecified atom stereocenters. The molecule has 7 nitrogen and oxygen atoms in total. The Bertz CT molecular complexity index is 597. The molecule has 0 bridgehead atoms. The zero-order chi connectivity index (χ0) is 13.1. The van der Waals surface area contributed by atoms with Gasteiger partial charge in [-0.15, -0.1) is 0 Å². The normalized spacial score (nSPS) is 10.1. The number of carbonyl (C=O) groups is 2. The number of H-pyrrole nitrogens is 1. The summed E-state index contributed by atoms with van der Waals surface area (Å²) in [6, 6.07) is 4.46. The zero-order valence-electron chi connectivity index (χ0n) is 8.85. The summed E-state index contributed by atoms with van der Waals surface area (Å²) in [5.74, 6) is -1.47. The molecule has 0 fully saturated rings. The summed E-state index contributed by atoms with van der Waals surface area (Å²) in [6.45, 7) is 0. The number of hydrogen-bond donors (Lipinski definition) is 3. The van der Waals surface area contributed by atoms with E-state index in [9.17, 15) is 9.59 Å². The molecule has 0 radical (unpaired) electrons. The van der Waals surface area contributed by atoms with Crippen LogP contribution in [0, 0.1) is 3.57 Å². The molecule has 1 aromatic heterocycles. The van der Waals surface area contributed by atoms with Crippen LogP contribution in [0.1, 0.15) is 21.0 Å². The summed E-state index contributed by atoms with van der Waals surface area (Å²) in [4.78, 5) is 26.3. The van der Waals surface area contributed by atoms with E-state index in [-0.39, 0.29) is 11.4 Å². The van der Waals surface area contributed by atoms with E-state index in [4.69, 9.17) is 5.11 Å². The van der Waals surface area contributed by atoms with Gasteiger partial charge in [0.1, 0.15) is 6.33 Å². The second-order valence-electron chi connectivity index (χ2n) is 3.29. The number of anilines is 1. The van der Waals surface area contributed by atoms with Gasteiger partial charge < -0.3 is 10.4 Å². The lowest BCUT2D eigenvalue weighted by atomic mass is 10.2. The first kappa shape index (κ1) is 12.5. The number of nitrogens with zero attached hydrogens (tertiary/aromatic N) is 2. The Morgan fingerprint density at radius 3 is 2.78 bits per heavy atom. The molecule has 1 aromatic carbocycles. The first-order valence-corrected chi connectivity index (χ1v) is 5.85. The van der Waals surface area contributed by atoms with E-state index in [1.54, 1.807) is 6.07 Å². The second kappa shape index (κ2) is 5.12. The van der Waals surface area contributed by atoms with Crippen LogP contribution in [-0.2, 0) is 0 Å². The number of carboxylic acids is 1. The van der Waals surface area contributed by atoms with E-state index < -0.39 is 11.9 Å². The standard InChI is InChI=1S/C10H7IN4O3/c11-6-2-1-5(10(17)18)3-7(6)14-9(16)8-12-4-13-15-8/h1-4H,(H,14,16)(H,17,18)(H,12,13,15). The van der Waals surface area contributed by atoms with Gasteiger partial charge in [-0.25, -0.2) is 9.78 Å². The van der Waals surface area contributed by atoms with Crippen molar-refractivity contribution in [1.82, 2.24) is 15.2 Å². The Balaban J connectivity index is 2.26. The van der Waals surface area contributed by atoms with Gasteiger partial charge in [0.25, 0.3) is 5.91 Å². The van der Waals surface area contributed by atoms with Gasteiger partial charge in [-0.05, 0) is 40.8 Å². The van der Waals surface area contributed by atoms with Gasteiger partial charge in [0.2, 0.25) is 5.82 Å². The Hall–Kier alpha value is -1.97. The SMILES string of the molecule is O=C(O)c1ccc(I)c(NC(=O)c2ncn[nH]2)c1. The topological polar surface area (TPSA) is 108 Å². The summed E-state index contributed by atoms with van der Waals surface area (Å²) < 4.78 is 0.727. The molecule has 1 amide bonds. The van der Waals surface area contributed by atoms with Crippen LogP contribution in [0.3, 0.4) is 0 Å². The van der Waals surface area contributed by atoms with Gasteiger partial charge in [-0.3, -0.25) is 9.89 Å². The van der Waals surface area contributed by atoms with Crippen molar-refractivity contribution in [3.05, 3.63) is 39.5 Å². The molecule has 0 saturated heterocycles. The van der Waals surface area contributed by atoms with Gasteiger partial charge in [-0.1, -0.05) is 0 Å². The number of rotatable bonds is 3. The number of halogens is 1. The van der Waals surface area contributed by atoms with Crippen LogP contribution >= 0.6 is 22.6 Å². The Morgan fingerprint density at radius 2 is 2.17 bits per heavy atom. The van der Waals surface area contributed by atoms with Crippen molar-refractivity contribution in [2.24, 2.45) is 0 Å². The summed E-state index contributed by atoms with van der Waals surface area (Å²) >= 11 is 2.00. The van der Waals surface area contributed by atoms with Crippen molar-refractivity contribution in [3.8, 4) is 0 Å². The summed E-state index contributed by atoms with van der Waals surface area (Å²) in [5, 5.41) is 17.4. The fraction of sp³-hybridized carbons (Fsp3) is 0. The van der Waals surface area contributed by atoms with Crippen LogP contribution in [0.15, 0.2) is 24.5 Å². The summed E-state index contributed by atoms with van der Waals surface area (Å²) in [7, 11) is 0. The number of aromatic amines is 1. The lowest BCUT2D eigenvalue weighted by Crippen LogP contribution is -2.15. The van der Waals surface area contributed by atoms with Gasteiger partial charge in [0.15, 0.2) is 0 Å². The number of amides is 1. The first-order valence-electron chi connectivity index (χ1n) is 4.77. The van der Waals surface area contributed by atoms with E-state index in [0.29, 0.717) is 5.69 Å². The van der Waals surface area contributed by atoms with E-state index >= 15 is 0 Å². The molecular formula is C10H7IN4O3. The van der Waals surface area contributed by atoms with E-state index in [1.807, 2.05) is 22.6 Å². The van der Waals surface area contributed by atoms with Gasteiger partial charge in [-0.2, -0.15) is 5.10 Å². The van der Waals surface area contributed by atoms with Crippen LogP contribution in [0.2, 0.25) is 0 Å². The zero-order valence-corrected chi connectivity index (χ0v) is 11.0. The van der Waals surface area contributed by atoms with Crippen molar-refractivity contribution in [2.75, 3.05) is 5.32 Å². The quantitative estimate of drug-likeness (QED) is 0.718. The average Bonchev–Trinajstić information content (AvgIpc) is 2.85. The number of benzene rings is 1. The average molecular weight is 358 g/mol. The van der Waals surface area contributed by atoms with Gasteiger partial charge in [0, 0.05) is 3.57 Å². The lowest BCUT2D eigenvalue weighted by molar-refractivity contribution is 0.0696. The maximum absolute atomic E-state index is 11.7. The Kier molecular flexibility index (Phi) is 3.55. The maximum atomic E-state index is 11.7. The highest BCUT2D eigenvalue weighted by Crippen LogP contribution is 2.20. The van der Waals surface area contributed by atoms with Crippen molar-refractivity contribution in [3.63, 3.8) is 0 Å². The molecule has 2 aromatic rings. The molecule has 1 heterocycles. The highest BCUT2D eigenvalue weighted by Gasteiger charge is 2.12. The molecule has 3 N–H and O–H groups in total.